The normalized spacial score (nSPS) is 25.2. The van der Waals surface area contributed by atoms with E-state index in [1.807, 2.05) is 0 Å². The number of benzene rings is 1. The van der Waals surface area contributed by atoms with Gasteiger partial charge in [0.05, 0.1) is 17.5 Å². The summed E-state index contributed by atoms with van der Waals surface area (Å²) in [5.74, 6) is -0.477. The van der Waals surface area contributed by atoms with Crippen LogP contribution in [0.25, 0.3) is 0 Å². The number of piperidine rings is 1. The Morgan fingerprint density at radius 3 is 2.62 bits per heavy atom. The summed E-state index contributed by atoms with van der Waals surface area (Å²) >= 11 is 0. The molecule has 0 bridgehead atoms. The standard InChI is InChI=1S/C18H26FN3O3S/c1-15-5-2-3-8-21(15)14-18(23)20-9-11-22(12-10-20)26(24,25)17-7-4-6-16(19)13-17/h4,6-7,13,15H,2-3,5,8-12,14H2,1H3/p+1/t15-/m0/s1. The second-order valence-electron chi connectivity index (χ2n) is 7.22. The lowest BCUT2D eigenvalue weighted by atomic mass is 10.0. The van der Waals surface area contributed by atoms with Crippen molar-refractivity contribution in [1.29, 1.82) is 0 Å². The van der Waals surface area contributed by atoms with Crippen LogP contribution in [0.3, 0.4) is 0 Å². The Hall–Kier alpha value is -1.51. The predicted molar refractivity (Wildman–Crippen MR) is 95.7 cm³/mol. The van der Waals surface area contributed by atoms with Gasteiger partial charge in [0.2, 0.25) is 10.0 Å². The summed E-state index contributed by atoms with van der Waals surface area (Å²) in [4.78, 5) is 15.6. The molecule has 1 N–H and O–H groups in total. The van der Waals surface area contributed by atoms with E-state index in [1.54, 1.807) is 4.90 Å². The molecule has 3 rings (SSSR count). The number of likely N-dealkylation sites (tertiary alicyclic amines) is 1. The van der Waals surface area contributed by atoms with Crippen molar-refractivity contribution in [3.05, 3.63) is 30.1 Å². The molecule has 0 saturated carbocycles. The number of rotatable bonds is 4. The minimum absolute atomic E-state index is 0.0381. The van der Waals surface area contributed by atoms with Gasteiger partial charge in [-0.05, 0) is 44.4 Å². The average molecular weight is 384 g/mol. The maximum absolute atomic E-state index is 13.3. The van der Waals surface area contributed by atoms with Crippen molar-refractivity contribution in [2.45, 2.75) is 37.1 Å². The molecule has 0 spiro atoms. The van der Waals surface area contributed by atoms with E-state index in [1.165, 1.54) is 33.8 Å². The zero-order chi connectivity index (χ0) is 18.7. The molecule has 0 aliphatic carbocycles. The fourth-order valence-electron chi connectivity index (χ4n) is 3.78. The van der Waals surface area contributed by atoms with Gasteiger partial charge in [0, 0.05) is 26.2 Å². The van der Waals surface area contributed by atoms with Crippen LogP contribution in [0.4, 0.5) is 4.39 Å². The van der Waals surface area contributed by atoms with E-state index in [-0.39, 0.29) is 23.9 Å². The third-order valence-electron chi connectivity index (χ3n) is 5.49. The number of nitrogens with one attached hydrogen (secondary N) is 1. The molecule has 2 aliphatic heterocycles. The molecule has 8 heteroatoms. The first-order valence-corrected chi connectivity index (χ1v) is 10.7. The lowest BCUT2D eigenvalue weighted by molar-refractivity contribution is -0.921. The number of amides is 1. The highest BCUT2D eigenvalue weighted by atomic mass is 32.2. The Morgan fingerprint density at radius 1 is 1.23 bits per heavy atom. The molecule has 1 amide bonds. The smallest absolute Gasteiger partial charge is 0.277 e. The van der Waals surface area contributed by atoms with Crippen molar-refractivity contribution >= 4 is 15.9 Å². The topological polar surface area (TPSA) is 62.1 Å². The second-order valence-corrected chi connectivity index (χ2v) is 9.16. The van der Waals surface area contributed by atoms with Gasteiger partial charge in [-0.15, -0.1) is 0 Å². The summed E-state index contributed by atoms with van der Waals surface area (Å²) in [5, 5.41) is 0. The van der Waals surface area contributed by atoms with Crippen molar-refractivity contribution in [1.82, 2.24) is 9.21 Å². The number of carbonyl (C=O) groups is 1. The molecule has 1 aromatic rings. The third kappa shape index (κ3) is 4.24. The van der Waals surface area contributed by atoms with Crippen molar-refractivity contribution < 1.29 is 22.5 Å². The van der Waals surface area contributed by atoms with Gasteiger partial charge in [-0.1, -0.05) is 6.07 Å². The first kappa shape index (κ1) is 19.3. The molecular formula is C18H27FN3O3S+. The van der Waals surface area contributed by atoms with Gasteiger partial charge in [0.25, 0.3) is 5.91 Å². The van der Waals surface area contributed by atoms with Gasteiger partial charge in [-0.2, -0.15) is 4.31 Å². The van der Waals surface area contributed by atoms with Crippen LogP contribution in [0, 0.1) is 5.82 Å². The highest BCUT2D eigenvalue weighted by Gasteiger charge is 2.32. The lowest BCUT2D eigenvalue weighted by Gasteiger charge is -2.36. The molecule has 2 atom stereocenters. The number of hydrogen-bond donors (Lipinski definition) is 1. The van der Waals surface area contributed by atoms with Gasteiger partial charge >= 0.3 is 0 Å². The Bertz CT molecular complexity index is 748. The molecule has 2 fully saturated rings. The largest absolute Gasteiger partial charge is 0.335 e. The summed E-state index contributed by atoms with van der Waals surface area (Å²) in [5.41, 5.74) is 0. The first-order valence-electron chi connectivity index (χ1n) is 9.26. The van der Waals surface area contributed by atoms with E-state index < -0.39 is 15.8 Å². The van der Waals surface area contributed by atoms with Crippen LogP contribution in [0.15, 0.2) is 29.2 Å². The summed E-state index contributed by atoms with van der Waals surface area (Å²) in [6, 6.07) is 5.55. The molecule has 0 radical (unpaired) electrons. The van der Waals surface area contributed by atoms with Gasteiger partial charge in [0.15, 0.2) is 6.54 Å². The van der Waals surface area contributed by atoms with Crippen LogP contribution in [-0.4, -0.2) is 68.8 Å². The SMILES string of the molecule is C[C@H]1CCCC[NH+]1CC(=O)N1CCN(S(=O)(=O)c2cccc(F)c2)CC1. The summed E-state index contributed by atoms with van der Waals surface area (Å²) in [6.07, 6.45) is 3.55. The van der Waals surface area contributed by atoms with E-state index >= 15 is 0 Å². The van der Waals surface area contributed by atoms with Crippen LogP contribution in [0.5, 0.6) is 0 Å². The molecule has 2 saturated heterocycles. The molecule has 144 valence electrons. The molecule has 0 aromatic heterocycles. The number of hydrogen-bond acceptors (Lipinski definition) is 3. The highest BCUT2D eigenvalue weighted by molar-refractivity contribution is 7.89. The van der Waals surface area contributed by atoms with E-state index in [0.29, 0.717) is 25.7 Å². The number of halogens is 1. The number of piperazine rings is 1. The van der Waals surface area contributed by atoms with E-state index in [2.05, 4.69) is 6.92 Å². The fraction of sp³-hybridized carbons (Fsp3) is 0.611. The third-order valence-corrected chi connectivity index (χ3v) is 7.38. The van der Waals surface area contributed by atoms with Crippen LogP contribution < -0.4 is 4.90 Å². The number of quaternary nitrogens is 1. The fourth-order valence-corrected chi connectivity index (χ4v) is 5.23. The number of sulfonamides is 1. The zero-order valence-corrected chi connectivity index (χ0v) is 16.0. The van der Waals surface area contributed by atoms with E-state index in [9.17, 15) is 17.6 Å². The van der Waals surface area contributed by atoms with Crippen molar-refractivity contribution in [3.63, 3.8) is 0 Å². The van der Waals surface area contributed by atoms with E-state index in [4.69, 9.17) is 0 Å². The lowest BCUT2D eigenvalue weighted by Crippen LogP contribution is -3.17. The Kier molecular flexibility index (Phi) is 5.94. The molecule has 26 heavy (non-hydrogen) atoms. The maximum atomic E-state index is 13.3. The summed E-state index contributed by atoms with van der Waals surface area (Å²) < 4.78 is 39.9. The molecule has 1 unspecified atom stereocenters. The van der Waals surface area contributed by atoms with Gasteiger partial charge in [-0.3, -0.25) is 4.79 Å². The minimum atomic E-state index is -3.72. The van der Waals surface area contributed by atoms with E-state index in [0.717, 1.165) is 25.5 Å². The Labute approximate surface area is 154 Å². The number of carbonyl (C=O) groups excluding carboxylic acids is 1. The Morgan fingerprint density at radius 2 is 1.96 bits per heavy atom. The van der Waals surface area contributed by atoms with Crippen molar-refractivity contribution in [2.75, 3.05) is 39.3 Å². The summed E-state index contributed by atoms with van der Waals surface area (Å²) in [7, 11) is -3.72. The van der Waals surface area contributed by atoms with Crippen molar-refractivity contribution in [3.8, 4) is 0 Å². The average Bonchev–Trinajstić information content (AvgIpc) is 2.63. The molecule has 2 aliphatic rings. The van der Waals surface area contributed by atoms with Crippen LogP contribution in [0.2, 0.25) is 0 Å². The van der Waals surface area contributed by atoms with Crippen LogP contribution in [0.1, 0.15) is 26.2 Å². The second kappa shape index (κ2) is 8.02. The molecular weight excluding hydrogens is 357 g/mol. The highest BCUT2D eigenvalue weighted by Crippen LogP contribution is 2.18. The van der Waals surface area contributed by atoms with Gasteiger partial charge < -0.3 is 9.80 Å². The van der Waals surface area contributed by atoms with Gasteiger partial charge in [-0.25, -0.2) is 12.8 Å². The molecule has 6 nitrogen and oxygen atoms in total. The first-order chi connectivity index (χ1) is 12.4. The summed E-state index contributed by atoms with van der Waals surface area (Å²) in [6.45, 7) is 4.96. The van der Waals surface area contributed by atoms with Crippen molar-refractivity contribution in [2.24, 2.45) is 0 Å². The maximum Gasteiger partial charge on any atom is 0.277 e. The van der Waals surface area contributed by atoms with Crippen LogP contribution >= 0.6 is 0 Å². The quantitative estimate of drug-likeness (QED) is 0.802. The predicted octanol–water partition coefficient (Wildman–Crippen LogP) is 0.116. The zero-order valence-electron chi connectivity index (χ0n) is 15.2. The monoisotopic (exact) mass is 384 g/mol. The van der Waals surface area contributed by atoms with Gasteiger partial charge in [0.1, 0.15) is 5.82 Å². The molecule has 1 aromatic carbocycles. The number of nitrogens with zero attached hydrogens (tertiary/aromatic N) is 2. The Balaban J connectivity index is 1.57. The minimum Gasteiger partial charge on any atom is -0.335 e. The van der Waals surface area contributed by atoms with Crippen LogP contribution in [-0.2, 0) is 14.8 Å². The molecule has 2 heterocycles.